The molecule has 2 aromatic rings. The highest BCUT2D eigenvalue weighted by atomic mass is 19.1. The monoisotopic (exact) mass is 353 g/mol. The smallest absolute Gasteiger partial charge is 0.159 e. The third-order valence-corrected chi connectivity index (χ3v) is 5.39. The van der Waals surface area contributed by atoms with E-state index in [0.29, 0.717) is 11.3 Å². The van der Waals surface area contributed by atoms with Crippen LogP contribution in [-0.4, -0.2) is 43.4 Å². The molecule has 0 aromatic heterocycles. The molecule has 26 heavy (non-hydrogen) atoms. The number of halogens is 1. The molecule has 4 rings (SSSR count). The van der Waals surface area contributed by atoms with Crippen molar-refractivity contribution in [2.24, 2.45) is 0 Å². The van der Waals surface area contributed by atoms with E-state index >= 15 is 0 Å². The first kappa shape index (κ1) is 17.0. The van der Waals surface area contributed by atoms with Crippen molar-refractivity contribution in [1.82, 2.24) is 4.90 Å². The van der Waals surface area contributed by atoms with Gasteiger partial charge in [0.05, 0.1) is 5.69 Å². The molecule has 5 heteroatoms. The molecular formula is C21H24FN3O. The zero-order chi connectivity index (χ0) is 18.1. The number of ketones is 1. The fraction of sp³-hybridized carbons (Fsp3) is 0.381. The largest absolute Gasteiger partial charge is 0.384 e. The van der Waals surface area contributed by atoms with Crippen LogP contribution in [0.4, 0.5) is 15.8 Å². The Bertz CT molecular complexity index is 828. The molecule has 0 unspecified atom stereocenters. The van der Waals surface area contributed by atoms with Gasteiger partial charge in [-0.3, -0.25) is 9.69 Å². The molecule has 1 N–H and O–H groups in total. The van der Waals surface area contributed by atoms with Crippen molar-refractivity contribution in [3.8, 4) is 0 Å². The second-order valence-corrected chi connectivity index (χ2v) is 7.11. The summed E-state index contributed by atoms with van der Waals surface area (Å²) < 4.78 is 14.4. The summed E-state index contributed by atoms with van der Waals surface area (Å²) >= 11 is 0. The van der Waals surface area contributed by atoms with Gasteiger partial charge in [-0.2, -0.15) is 0 Å². The Kier molecular flexibility index (Phi) is 4.64. The van der Waals surface area contributed by atoms with Crippen molar-refractivity contribution < 1.29 is 9.18 Å². The van der Waals surface area contributed by atoms with E-state index in [1.54, 1.807) is 12.1 Å². The molecule has 2 aromatic carbocycles. The molecule has 0 amide bonds. The summed E-state index contributed by atoms with van der Waals surface area (Å²) in [5, 5.41) is 3.50. The van der Waals surface area contributed by atoms with Gasteiger partial charge in [0.2, 0.25) is 0 Å². The van der Waals surface area contributed by atoms with Crippen LogP contribution in [0.25, 0.3) is 0 Å². The maximum absolute atomic E-state index is 14.4. The minimum Gasteiger partial charge on any atom is -0.384 e. The van der Waals surface area contributed by atoms with Gasteiger partial charge < -0.3 is 10.2 Å². The number of hydrogen-bond acceptors (Lipinski definition) is 4. The minimum atomic E-state index is -0.309. The van der Waals surface area contributed by atoms with E-state index in [1.807, 2.05) is 0 Å². The lowest BCUT2D eigenvalue weighted by atomic mass is 10.1. The number of rotatable bonds is 4. The number of nitrogens with one attached hydrogen (secondary N) is 1. The maximum atomic E-state index is 14.4. The summed E-state index contributed by atoms with van der Waals surface area (Å²) in [5.74, 6) is -0.416. The first-order valence-corrected chi connectivity index (χ1v) is 9.24. The van der Waals surface area contributed by atoms with Crippen LogP contribution in [0, 0.1) is 5.82 Å². The maximum Gasteiger partial charge on any atom is 0.159 e. The zero-order valence-electron chi connectivity index (χ0n) is 15.1. The number of nitrogens with zero attached hydrogens (tertiary/aromatic N) is 2. The number of anilines is 2. The Morgan fingerprint density at radius 2 is 1.96 bits per heavy atom. The number of carbonyl (C=O) groups is 1. The van der Waals surface area contributed by atoms with Gasteiger partial charge in [-0.05, 0) is 42.7 Å². The first-order chi connectivity index (χ1) is 12.6. The fourth-order valence-electron chi connectivity index (χ4n) is 3.91. The van der Waals surface area contributed by atoms with E-state index in [4.69, 9.17) is 0 Å². The number of Topliss-reactive ketones (excluding diaryl/α,β-unsaturated/α-hetero) is 1. The summed E-state index contributed by atoms with van der Waals surface area (Å²) in [7, 11) is 0. The second kappa shape index (κ2) is 7.08. The van der Waals surface area contributed by atoms with Crippen LogP contribution < -0.4 is 10.2 Å². The first-order valence-electron chi connectivity index (χ1n) is 9.24. The molecule has 0 spiro atoms. The van der Waals surface area contributed by atoms with Crippen LogP contribution >= 0.6 is 0 Å². The van der Waals surface area contributed by atoms with Crippen LogP contribution in [0.15, 0.2) is 36.4 Å². The molecule has 1 fully saturated rings. The molecule has 136 valence electrons. The van der Waals surface area contributed by atoms with E-state index in [-0.39, 0.29) is 11.6 Å². The molecule has 0 atom stereocenters. The summed E-state index contributed by atoms with van der Waals surface area (Å²) in [6.45, 7) is 6.79. The molecule has 2 aliphatic heterocycles. The lowest BCUT2D eigenvalue weighted by Crippen LogP contribution is -2.46. The summed E-state index contributed by atoms with van der Waals surface area (Å²) in [5.41, 5.74) is 5.09. The number of carbonyl (C=O) groups excluding carboxylic acids is 1. The van der Waals surface area contributed by atoms with Crippen LogP contribution in [0.2, 0.25) is 0 Å². The van der Waals surface area contributed by atoms with Crippen LogP contribution in [0.3, 0.4) is 0 Å². The Labute approximate surface area is 153 Å². The molecule has 0 radical (unpaired) electrons. The summed E-state index contributed by atoms with van der Waals surface area (Å²) in [4.78, 5) is 15.9. The van der Waals surface area contributed by atoms with E-state index in [0.717, 1.165) is 45.7 Å². The number of benzene rings is 2. The number of para-hydroxylation sites is 1. The molecule has 1 saturated heterocycles. The van der Waals surface area contributed by atoms with Crippen LogP contribution in [0.5, 0.6) is 0 Å². The van der Waals surface area contributed by atoms with Crippen molar-refractivity contribution in [3.05, 3.63) is 58.9 Å². The third-order valence-electron chi connectivity index (χ3n) is 5.39. The van der Waals surface area contributed by atoms with Gasteiger partial charge in [-0.25, -0.2) is 4.39 Å². The molecule has 2 aliphatic rings. The SMILES string of the molecule is CC(=O)c1ccc(N2CCN(Cc3cccc4c3NCC4)CC2)c(F)c1. The lowest BCUT2D eigenvalue weighted by molar-refractivity contribution is 0.101. The van der Waals surface area contributed by atoms with E-state index < -0.39 is 0 Å². The van der Waals surface area contributed by atoms with Gasteiger partial charge in [0.15, 0.2) is 5.78 Å². The molecule has 4 nitrogen and oxygen atoms in total. The highest BCUT2D eigenvalue weighted by molar-refractivity contribution is 5.94. The highest BCUT2D eigenvalue weighted by Gasteiger charge is 2.22. The van der Waals surface area contributed by atoms with Gasteiger partial charge in [-0.15, -0.1) is 0 Å². The number of hydrogen-bond donors (Lipinski definition) is 1. The van der Waals surface area contributed by atoms with E-state index in [1.165, 1.54) is 29.8 Å². The summed E-state index contributed by atoms with van der Waals surface area (Å²) in [6.07, 6.45) is 1.10. The van der Waals surface area contributed by atoms with Crippen molar-refractivity contribution >= 4 is 17.2 Å². The fourth-order valence-corrected chi connectivity index (χ4v) is 3.91. The number of fused-ring (bicyclic) bond motifs is 1. The normalized spacial score (nSPS) is 17.1. The quantitative estimate of drug-likeness (QED) is 0.856. The average Bonchev–Trinajstić information content (AvgIpc) is 3.12. The van der Waals surface area contributed by atoms with Crippen molar-refractivity contribution in [1.29, 1.82) is 0 Å². The predicted octanol–water partition coefficient (Wildman–Crippen LogP) is 3.32. The van der Waals surface area contributed by atoms with Crippen LogP contribution in [0.1, 0.15) is 28.4 Å². The molecular weight excluding hydrogens is 329 g/mol. The second-order valence-electron chi connectivity index (χ2n) is 7.11. The van der Waals surface area contributed by atoms with Gasteiger partial charge in [-0.1, -0.05) is 18.2 Å². The molecule has 0 bridgehead atoms. The third kappa shape index (κ3) is 3.31. The minimum absolute atomic E-state index is 0.107. The number of piperazine rings is 1. The molecule has 2 heterocycles. The van der Waals surface area contributed by atoms with Crippen molar-refractivity contribution in [2.45, 2.75) is 19.9 Å². The Balaban J connectivity index is 1.40. The predicted molar refractivity (Wildman–Crippen MR) is 103 cm³/mol. The van der Waals surface area contributed by atoms with Gasteiger partial charge in [0.1, 0.15) is 5.82 Å². The van der Waals surface area contributed by atoms with Gasteiger partial charge >= 0.3 is 0 Å². The lowest BCUT2D eigenvalue weighted by Gasteiger charge is -2.36. The van der Waals surface area contributed by atoms with Gasteiger partial charge in [0, 0.05) is 50.5 Å². The standard InChI is InChI=1S/C21H24FN3O/c1-15(26)17-5-6-20(19(22)13-17)25-11-9-24(10-12-25)14-18-4-2-3-16-7-8-23-21(16)18/h2-6,13,23H,7-12,14H2,1H3. The van der Waals surface area contributed by atoms with E-state index in [9.17, 15) is 9.18 Å². The van der Waals surface area contributed by atoms with E-state index in [2.05, 4.69) is 33.3 Å². The Morgan fingerprint density at radius 3 is 2.69 bits per heavy atom. The topological polar surface area (TPSA) is 35.6 Å². The van der Waals surface area contributed by atoms with Gasteiger partial charge in [0.25, 0.3) is 0 Å². The van der Waals surface area contributed by atoms with Crippen LogP contribution in [-0.2, 0) is 13.0 Å². The Morgan fingerprint density at radius 1 is 1.15 bits per heavy atom. The molecule has 0 aliphatic carbocycles. The average molecular weight is 353 g/mol. The zero-order valence-corrected chi connectivity index (χ0v) is 15.1. The van der Waals surface area contributed by atoms with Crippen molar-refractivity contribution in [3.63, 3.8) is 0 Å². The molecule has 0 saturated carbocycles. The summed E-state index contributed by atoms with van der Waals surface area (Å²) in [6, 6.07) is 11.3. The highest BCUT2D eigenvalue weighted by Crippen LogP contribution is 2.28. The van der Waals surface area contributed by atoms with Crippen molar-refractivity contribution in [2.75, 3.05) is 42.9 Å². The Hall–Kier alpha value is -2.40.